The number of H-pyrrole nitrogens is 1. The standard InChI is InChI=1S/C14H18N2O6S/c1-7(17)19-6-8-10-11(22-14(2,3)21-10)12(20-8)16-5-4-9(23)15-13(16)18/h4-5,8,10-12H,6H2,1-3H3,(H,15,18,23). The summed E-state index contributed by atoms with van der Waals surface area (Å²) in [7, 11) is 0. The molecule has 4 unspecified atom stereocenters. The van der Waals surface area contributed by atoms with Gasteiger partial charge in [0.1, 0.15) is 29.6 Å². The Morgan fingerprint density at radius 3 is 2.78 bits per heavy atom. The average molecular weight is 342 g/mol. The Morgan fingerprint density at radius 1 is 1.43 bits per heavy atom. The van der Waals surface area contributed by atoms with Crippen LogP contribution in [0.1, 0.15) is 27.0 Å². The number of rotatable bonds is 3. The van der Waals surface area contributed by atoms with Crippen LogP contribution >= 0.6 is 12.2 Å². The van der Waals surface area contributed by atoms with Crippen LogP contribution in [0.5, 0.6) is 0 Å². The van der Waals surface area contributed by atoms with E-state index >= 15 is 0 Å². The fourth-order valence-electron chi connectivity index (χ4n) is 2.84. The first kappa shape index (κ1) is 16.3. The minimum absolute atomic E-state index is 0.0318. The van der Waals surface area contributed by atoms with Crippen molar-refractivity contribution < 1.29 is 23.7 Å². The van der Waals surface area contributed by atoms with E-state index in [0.29, 0.717) is 4.64 Å². The van der Waals surface area contributed by atoms with Crippen molar-refractivity contribution in [2.45, 2.75) is 51.1 Å². The Labute approximate surface area is 137 Å². The van der Waals surface area contributed by atoms with Gasteiger partial charge in [-0.1, -0.05) is 12.2 Å². The van der Waals surface area contributed by atoms with Crippen LogP contribution in [0.15, 0.2) is 17.1 Å². The zero-order valence-electron chi connectivity index (χ0n) is 13.0. The summed E-state index contributed by atoms with van der Waals surface area (Å²) >= 11 is 4.93. The molecular weight excluding hydrogens is 324 g/mol. The minimum atomic E-state index is -0.808. The number of aromatic nitrogens is 2. The van der Waals surface area contributed by atoms with Crippen molar-refractivity contribution in [3.05, 3.63) is 27.4 Å². The number of nitrogens with zero attached hydrogens (tertiary/aromatic N) is 1. The fraction of sp³-hybridized carbons (Fsp3) is 0.643. The molecule has 2 saturated heterocycles. The molecule has 0 spiro atoms. The Kier molecular flexibility index (Phi) is 4.13. The number of fused-ring (bicyclic) bond motifs is 1. The van der Waals surface area contributed by atoms with Crippen molar-refractivity contribution in [2.24, 2.45) is 0 Å². The molecule has 1 N–H and O–H groups in total. The molecule has 8 nitrogen and oxygen atoms in total. The van der Waals surface area contributed by atoms with E-state index in [4.69, 9.17) is 31.2 Å². The van der Waals surface area contributed by atoms with Crippen LogP contribution < -0.4 is 5.69 Å². The maximum Gasteiger partial charge on any atom is 0.328 e. The molecule has 9 heteroatoms. The van der Waals surface area contributed by atoms with Gasteiger partial charge in [0.25, 0.3) is 0 Å². The first-order chi connectivity index (χ1) is 10.8. The molecule has 2 aliphatic heterocycles. The van der Waals surface area contributed by atoms with Crippen LogP contribution in [-0.2, 0) is 23.7 Å². The predicted molar refractivity (Wildman–Crippen MR) is 80.3 cm³/mol. The van der Waals surface area contributed by atoms with Crippen molar-refractivity contribution >= 4 is 18.2 Å². The SMILES string of the molecule is CC(=O)OCC1OC(n2ccc(=S)[nH]c2=O)C2OC(C)(C)OC12. The van der Waals surface area contributed by atoms with E-state index in [1.165, 1.54) is 11.5 Å². The third-order valence-electron chi connectivity index (χ3n) is 3.70. The van der Waals surface area contributed by atoms with Gasteiger partial charge in [0, 0.05) is 13.1 Å². The van der Waals surface area contributed by atoms with Crippen LogP contribution in [0.3, 0.4) is 0 Å². The molecule has 0 aliphatic carbocycles. The van der Waals surface area contributed by atoms with Crippen LogP contribution in [0, 0.1) is 4.64 Å². The molecule has 0 amide bonds. The van der Waals surface area contributed by atoms with E-state index < -0.39 is 42.0 Å². The topological polar surface area (TPSA) is 91.8 Å². The molecule has 4 atom stereocenters. The quantitative estimate of drug-likeness (QED) is 0.644. The molecule has 3 heterocycles. The van der Waals surface area contributed by atoms with Gasteiger partial charge in [0.05, 0.1) is 0 Å². The first-order valence-electron chi connectivity index (χ1n) is 7.23. The van der Waals surface area contributed by atoms with Crippen molar-refractivity contribution in [2.75, 3.05) is 6.61 Å². The second-order valence-corrected chi connectivity index (χ2v) is 6.39. The van der Waals surface area contributed by atoms with Gasteiger partial charge in [0.2, 0.25) is 0 Å². The highest BCUT2D eigenvalue weighted by atomic mass is 32.1. The van der Waals surface area contributed by atoms with E-state index in [2.05, 4.69) is 4.98 Å². The van der Waals surface area contributed by atoms with Crippen molar-refractivity contribution in [3.8, 4) is 0 Å². The van der Waals surface area contributed by atoms with Crippen LogP contribution in [0.25, 0.3) is 0 Å². The third-order valence-corrected chi connectivity index (χ3v) is 3.94. The van der Waals surface area contributed by atoms with E-state index in [-0.39, 0.29) is 6.61 Å². The minimum Gasteiger partial charge on any atom is -0.463 e. The molecule has 23 heavy (non-hydrogen) atoms. The molecule has 0 bridgehead atoms. The summed E-state index contributed by atoms with van der Waals surface area (Å²) in [5.74, 6) is -1.22. The normalized spacial score (nSPS) is 31.8. The lowest BCUT2D eigenvalue weighted by molar-refractivity contribution is -0.202. The Morgan fingerprint density at radius 2 is 2.13 bits per heavy atom. The molecular formula is C14H18N2O6S. The summed E-state index contributed by atoms with van der Waals surface area (Å²) in [6.45, 7) is 4.92. The maximum atomic E-state index is 12.1. The second-order valence-electron chi connectivity index (χ2n) is 5.95. The second kappa shape index (κ2) is 5.82. The van der Waals surface area contributed by atoms with Gasteiger partial charge >= 0.3 is 11.7 Å². The van der Waals surface area contributed by atoms with E-state index in [9.17, 15) is 9.59 Å². The van der Waals surface area contributed by atoms with Gasteiger partial charge in [-0.15, -0.1) is 0 Å². The monoisotopic (exact) mass is 342 g/mol. The summed E-state index contributed by atoms with van der Waals surface area (Å²) in [6.07, 6.45) is -0.601. The number of hydrogen-bond acceptors (Lipinski definition) is 7. The van der Waals surface area contributed by atoms with E-state index in [1.807, 2.05) is 0 Å². The number of esters is 1. The number of ether oxygens (including phenoxy) is 4. The molecule has 2 fully saturated rings. The zero-order valence-corrected chi connectivity index (χ0v) is 13.8. The van der Waals surface area contributed by atoms with Gasteiger partial charge < -0.3 is 18.9 Å². The summed E-state index contributed by atoms with van der Waals surface area (Å²) in [5.41, 5.74) is -0.400. The predicted octanol–water partition coefficient (Wildman–Crippen LogP) is 0.886. The smallest absolute Gasteiger partial charge is 0.328 e. The number of aromatic amines is 1. The largest absolute Gasteiger partial charge is 0.463 e. The molecule has 0 radical (unpaired) electrons. The molecule has 1 aromatic heterocycles. The summed E-state index contributed by atoms with van der Waals surface area (Å²) in [4.78, 5) is 25.7. The lowest BCUT2D eigenvalue weighted by atomic mass is 10.1. The van der Waals surface area contributed by atoms with Gasteiger partial charge in [0.15, 0.2) is 12.0 Å². The van der Waals surface area contributed by atoms with Crippen molar-refractivity contribution in [1.29, 1.82) is 0 Å². The lowest BCUT2D eigenvalue weighted by Gasteiger charge is -2.24. The number of nitrogens with one attached hydrogen (secondary N) is 1. The van der Waals surface area contributed by atoms with Crippen molar-refractivity contribution in [1.82, 2.24) is 9.55 Å². The summed E-state index contributed by atoms with van der Waals surface area (Å²) < 4.78 is 24.3. The molecule has 126 valence electrons. The lowest BCUT2D eigenvalue weighted by Crippen LogP contribution is -2.34. The van der Waals surface area contributed by atoms with Gasteiger partial charge in [-0.25, -0.2) is 4.79 Å². The number of carbonyl (C=O) groups excluding carboxylic acids is 1. The van der Waals surface area contributed by atoms with Gasteiger partial charge in [-0.3, -0.25) is 14.3 Å². The molecule has 3 rings (SSSR count). The van der Waals surface area contributed by atoms with Crippen LogP contribution in [0.4, 0.5) is 0 Å². The van der Waals surface area contributed by atoms with Crippen molar-refractivity contribution in [3.63, 3.8) is 0 Å². The number of hydrogen-bond donors (Lipinski definition) is 1. The Hall–Kier alpha value is -1.55. The average Bonchev–Trinajstić information content (AvgIpc) is 2.90. The van der Waals surface area contributed by atoms with Crippen LogP contribution in [0.2, 0.25) is 0 Å². The Bertz CT molecular complexity index is 726. The highest BCUT2D eigenvalue weighted by Crippen LogP contribution is 2.42. The van der Waals surface area contributed by atoms with E-state index in [0.717, 1.165) is 0 Å². The van der Waals surface area contributed by atoms with Gasteiger partial charge in [-0.05, 0) is 19.9 Å². The highest BCUT2D eigenvalue weighted by Gasteiger charge is 2.56. The molecule has 0 saturated carbocycles. The number of carbonyl (C=O) groups is 1. The van der Waals surface area contributed by atoms with E-state index in [1.54, 1.807) is 26.1 Å². The zero-order chi connectivity index (χ0) is 16.8. The maximum absolute atomic E-state index is 12.1. The molecule has 1 aromatic rings. The summed E-state index contributed by atoms with van der Waals surface area (Å²) in [6, 6.07) is 1.59. The summed E-state index contributed by atoms with van der Waals surface area (Å²) in [5, 5.41) is 0. The molecule has 0 aromatic carbocycles. The fourth-order valence-corrected chi connectivity index (χ4v) is 2.99. The van der Waals surface area contributed by atoms with Gasteiger partial charge in [-0.2, -0.15) is 0 Å². The Balaban J connectivity index is 1.90. The highest BCUT2D eigenvalue weighted by molar-refractivity contribution is 7.71. The molecule has 2 aliphatic rings. The first-order valence-corrected chi connectivity index (χ1v) is 7.63. The third kappa shape index (κ3) is 3.23. The van der Waals surface area contributed by atoms with Crippen LogP contribution in [-0.4, -0.2) is 46.2 Å².